The van der Waals surface area contributed by atoms with Crippen molar-refractivity contribution in [3.05, 3.63) is 23.8 Å². The van der Waals surface area contributed by atoms with Gasteiger partial charge in [0.05, 0.1) is 19.8 Å². The molecule has 1 atom stereocenters. The summed E-state index contributed by atoms with van der Waals surface area (Å²) in [6.45, 7) is 2.66. The van der Waals surface area contributed by atoms with E-state index in [-0.39, 0.29) is 12.0 Å². The summed E-state index contributed by atoms with van der Waals surface area (Å²) < 4.78 is 5.27. The van der Waals surface area contributed by atoms with Crippen molar-refractivity contribution in [2.24, 2.45) is 0 Å². The molecule has 120 valence electrons. The largest absolute Gasteiger partial charge is 0.497 e. The number of rotatable bonds is 3. The normalized spacial score (nSPS) is 22.3. The molecule has 5 nitrogen and oxygen atoms in total. The van der Waals surface area contributed by atoms with Crippen LogP contribution in [0.25, 0.3) is 0 Å². The Balaban J connectivity index is 1.71. The summed E-state index contributed by atoms with van der Waals surface area (Å²) in [5.74, 6) is 0.965. The second kappa shape index (κ2) is 6.67. The molecule has 0 saturated carbocycles. The number of aryl methyl sites for hydroxylation is 1. The first-order chi connectivity index (χ1) is 10.7. The highest BCUT2D eigenvalue weighted by Gasteiger charge is 2.26. The highest BCUT2D eigenvalue weighted by molar-refractivity contribution is 5.96. The van der Waals surface area contributed by atoms with Crippen molar-refractivity contribution in [1.82, 2.24) is 4.90 Å². The van der Waals surface area contributed by atoms with E-state index < -0.39 is 0 Å². The van der Waals surface area contributed by atoms with Gasteiger partial charge in [-0.2, -0.15) is 0 Å². The van der Waals surface area contributed by atoms with Gasteiger partial charge < -0.3 is 14.7 Å². The lowest BCUT2D eigenvalue weighted by atomic mass is 10.0. The van der Waals surface area contributed by atoms with Gasteiger partial charge in [-0.05, 0) is 56.0 Å². The van der Waals surface area contributed by atoms with Crippen molar-refractivity contribution in [2.75, 3.05) is 38.2 Å². The molecule has 0 aromatic heterocycles. The maximum atomic E-state index is 12.7. The van der Waals surface area contributed by atoms with Gasteiger partial charge >= 0.3 is 0 Å². The Labute approximate surface area is 131 Å². The summed E-state index contributed by atoms with van der Waals surface area (Å²) in [4.78, 5) is 16.6. The Hall–Kier alpha value is -1.59. The zero-order chi connectivity index (χ0) is 15.5. The predicted molar refractivity (Wildman–Crippen MR) is 85.3 cm³/mol. The van der Waals surface area contributed by atoms with E-state index in [2.05, 4.69) is 4.90 Å². The molecule has 0 radical (unpaired) electrons. The lowest BCUT2D eigenvalue weighted by Crippen LogP contribution is -2.46. The molecule has 2 aliphatic rings. The smallest absolute Gasteiger partial charge is 0.241 e. The van der Waals surface area contributed by atoms with E-state index in [4.69, 9.17) is 4.74 Å². The van der Waals surface area contributed by atoms with E-state index in [9.17, 15) is 9.90 Å². The van der Waals surface area contributed by atoms with Gasteiger partial charge in [0.15, 0.2) is 0 Å². The van der Waals surface area contributed by atoms with Crippen LogP contribution in [-0.2, 0) is 11.2 Å². The number of nitrogens with zero attached hydrogens (tertiary/aromatic N) is 2. The van der Waals surface area contributed by atoms with E-state index in [1.807, 2.05) is 23.1 Å². The lowest BCUT2D eigenvalue weighted by Gasteiger charge is -2.34. The highest BCUT2D eigenvalue weighted by Crippen LogP contribution is 2.30. The minimum absolute atomic E-state index is 0.125. The molecule has 1 aromatic rings. The second-order valence-electron chi connectivity index (χ2n) is 6.17. The predicted octanol–water partition coefficient (Wildman–Crippen LogP) is 1.43. The van der Waals surface area contributed by atoms with E-state index in [1.54, 1.807) is 7.11 Å². The van der Waals surface area contributed by atoms with Crippen molar-refractivity contribution in [1.29, 1.82) is 0 Å². The Bertz CT molecular complexity index is 547. The molecule has 1 fully saturated rings. The lowest BCUT2D eigenvalue weighted by molar-refractivity contribution is -0.120. The Morgan fingerprint density at radius 1 is 1.36 bits per heavy atom. The quantitative estimate of drug-likeness (QED) is 0.918. The Kier molecular flexibility index (Phi) is 4.64. The number of aliphatic hydroxyl groups is 1. The number of benzene rings is 1. The molecule has 0 spiro atoms. The van der Waals surface area contributed by atoms with Gasteiger partial charge in [-0.1, -0.05) is 0 Å². The molecular weight excluding hydrogens is 280 g/mol. The van der Waals surface area contributed by atoms with Gasteiger partial charge in [-0.15, -0.1) is 0 Å². The molecular formula is C17H24N2O3. The number of carbonyl (C=O) groups is 1. The van der Waals surface area contributed by atoms with Crippen LogP contribution in [-0.4, -0.2) is 55.3 Å². The molecule has 1 N–H and O–H groups in total. The molecule has 2 heterocycles. The molecule has 1 amide bonds. The number of hydrogen-bond donors (Lipinski definition) is 1. The maximum absolute atomic E-state index is 12.7. The molecule has 1 unspecified atom stereocenters. The fourth-order valence-electron chi connectivity index (χ4n) is 3.41. The summed E-state index contributed by atoms with van der Waals surface area (Å²) in [5, 5.41) is 9.74. The van der Waals surface area contributed by atoms with Crippen LogP contribution in [0.4, 0.5) is 5.69 Å². The fourth-order valence-corrected chi connectivity index (χ4v) is 3.41. The van der Waals surface area contributed by atoms with Crippen LogP contribution in [0.3, 0.4) is 0 Å². The van der Waals surface area contributed by atoms with E-state index in [0.717, 1.165) is 50.2 Å². The van der Waals surface area contributed by atoms with Gasteiger partial charge in [-0.25, -0.2) is 0 Å². The van der Waals surface area contributed by atoms with Gasteiger partial charge in [0.25, 0.3) is 0 Å². The van der Waals surface area contributed by atoms with Crippen LogP contribution in [0.1, 0.15) is 24.8 Å². The van der Waals surface area contributed by atoms with Crippen LogP contribution >= 0.6 is 0 Å². The van der Waals surface area contributed by atoms with Gasteiger partial charge in [0, 0.05) is 18.8 Å². The molecule has 0 aliphatic carbocycles. The molecule has 22 heavy (non-hydrogen) atoms. The Morgan fingerprint density at radius 3 is 3.00 bits per heavy atom. The first kappa shape index (κ1) is 15.3. The number of carbonyl (C=O) groups excluding carboxylic acids is 1. The third-order valence-electron chi connectivity index (χ3n) is 4.55. The van der Waals surface area contributed by atoms with Crippen molar-refractivity contribution in [3.8, 4) is 5.75 Å². The molecule has 1 aromatic carbocycles. The zero-order valence-corrected chi connectivity index (χ0v) is 13.1. The van der Waals surface area contributed by atoms with E-state index in [1.165, 1.54) is 5.56 Å². The number of β-amino-alcohol motifs (C(OH)–C–C–N with tert-alkyl or cyclic N) is 1. The highest BCUT2D eigenvalue weighted by atomic mass is 16.5. The van der Waals surface area contributed by atoms with Crippen molar-refractivity contribution < 1.29 is 14.6 Å². The third kappa shape index (κ3) is 3.25. The van der Waals surface area contributed by atoms with Crippen LogP contribution < -0.4 is 9.64 Å². The van der Waals surface area contributed by atoms with Gasteiger partial charge in [0.2, 0.25) is 5.91 Å². The molecule has 3 rings (SSSR count). The first-order valence-electron chi connectivity index (χ1n) is 8.05. The number of aliphatic hydroxyl groups excluding tert-OH is 1. The number of methoxy groups -OCH3 is 1. The molecule has 2 aliphatic heterocycles. The topological polar surface area (TPSA) is 53.0 Å². The monoisotopic (exact) mass is 304 g/mol. The van der Waals surface area contributed by atoms with Gasteiger partial charge in [-0.3, -0.25) is 9.69 Å². The van der Waals surface area contributed by atoms with Crippen LogP contribution in [0, 0.1) is 0 Å². The number of ether oxygens (including phenoxy) is 1. The molecule has 1 saturated heterocycles. The van der Waals surface area contributed by atoms with E-state index in [0.29, 0.717) is 13.1 Å². The number of hydrogen-bond acceptors (Lipinski definition) is 4. The standard InChI is InChI=1S/C17H24N2O3/c1-22-15-6-7-16-13(10-15)4-2-9-19(16)17(21)12-18-8-3-5-14(20)11-18/h6-7,10,14,20H,2-5,8-9,11-12H2,1H3. The maximum Gasteiger partial charge on any atom is 0.241 e. The minimum atomic E-state index is -0.292. The Morgan fingerprint density at radius 2 is 2.23 bits per heavy atom. The van der Waals surface area contributed by atoms with Crippen LogP contribution in [0.15, 0.2) is 18.2 Å². The summed E-state index contributed by atoms with van der Waals surface area (Å²) >= 11 is 0. The summed E-state index contributed by atoms with van der Waals surface area (Å²) in [6.07, 6.45) is 3.48. The number of fused-ring (bicyclic) bond motifs is 1. The summed E-state index contributed by atoms with van der Waals surface area (Å²) in [7, 11) is 1.66. The SMILES string of the molecule is COc1ccc2c(c1)CCCN2C(=O)CN1CCCC(O)C1. The van der Waals surface area contributed by atoms with Crippen molar-refractivity contribution in [3.63, 3.8) is 0 Å². The minimum Gasteiger partial charge on any atom is -0.497 e. The third-order valence-corrected chi connectivity index (χ3v) is 4.55. The summed E-state index contributed by atoms with van der Waals surface area (Å²) in [5.41, 5.74) is 2.19. The number of piperidine rings is 1. The number of anilines is 1. The average molecular weight is 304 g/mol. The second-order valence-corrected chi connectivity index (χ2v) is 6.17. The number of likely N-dealkylation sites (tertiary alicyclic amines) is 1. The van der Waals surface area contributed by atoms with E-state index >= 15 is 0 Å². The summed E-state index contributed by atoms with van der Waals surface area (Å²) in [6, 6.07) is 5.92. The molecule has 5 heteroatoms. The van der Waals surface area contributed by atoms with Crippen LogP contribution in [0.2, 0.25) is 0 Å². The average Bonchev–Trinajstić information content (AvgIpc) is 2.53. The van der Waals surface area contributed by atoms with Crippen LogP contribution in [0.5, 0.6) is 5.75 Å². The van der Waals surface area contributed by atoms with Gasteiger partial charge in [0.1, 0.15) is 5.75 Å². The van der Waals surface area contributed by atoms with Crippen molar-refractivity contribution in [2.45, 2.75) is 31.8 Å². The zero-order valence-electron chi connectivity index (χ0n) is 13.1. The van der Waals surface area contributed by atoms with Crippen molar-refractivity contribution >= 4 is 11.6 Å². The number of amides is 1. The first-order valence-corrected chi connectivity index (χ1v) is 8.05. The molecule has 0 bridgehead atoms. The fraction of sp³-hybridized carbons (Fsp3) is 0.588.